The topological polar surface area (TPSA) is 64.4 Å². The normalized spacial score (nSPS) is 25.9. The number of carbonyl (C=O) groups is 1. The highest BCUT2D eigenvalue weighted by molar-refractivity contribution is 5.85. The van der Waals surface area contributed by atoms with Crippen molar-refractivity contribution in [3.8, 4) is 0 Å². The summed E-state index contributed by atoms with van der Waals surface area (Å²) in [6.45, 7) is 2.41. The molecule has 3 N–H and O–H groups in total. The van der Waals surface area contributed by atoms with Gasteiger partial charge >= 0.3 is 0 Å². The van der Waals surface area contributed by atoms with E-state index in [4.69, 9.17) is 10.5 Å². The highest BCUT2D eigenvalue weighted by Gasteiger charge is 2.28. The molecule has 0 radical (unpaired) electrons. The van der Waals surface area contributed by atoms with E-state index in [2.05, 4.69) is 12.2 Å². The van der Waals surface area contributed by atoms with E-state index in [9.17, 15) is 4.79 Å². The largest absolute Gasteiger partial charge is 0.370 e. The second-order valence-electron chi connectivity index (χ2n) is 4.17. The summed E-state index contributed by atoms with van der Waals surface area (Å²) >= 11 is 0. The van der Waals surface area contributed by atoms with Gasteiger partial charge in [0, 0.05) is 19.7 Å². The first-order chi connectivity index (χ1) is 7.22. The summed E-state index contributed by atoms with van der Waals surface area (Å²) in [5.41, 5.74) is 5.44. The van der Waals surface area contributed by atoms with Gasteiger partial charge in [-0.2, -0.15) is 0 Å². The van der Waals surface area contributed by atoms with Gasteiger partial charge < -0.3 is 15.8 Å². The van der Waals surface area contributed by atoms with Crippen LogP contribution < -0.4 is 11.1 Å². The van der Waals surface area contributed by atoms with E-state index >= 15 is 0 Å². The zero-order valence-electron chi connectivity index (χ0n) is 10.1. The van der Waals surface area contributed by atoms with Crippen molar-refractivity contribution in [1.82, 2.24) is 5.32 Å². The lowest BCUT2D eigenvalue weighted by atomic mass is 10.0. The zero-order chi connectivity index (χ0) is 11.3. The molecule has 96 valence electrons. The van der Waals surface area contributed by atoms with Crippen molar-refractivity contribution in [2.75, 3.05) is 13.7 Å². The van der Waals surface area contributed by atoms with Crippen LogP contribution in [0, 0.1) is 5.92 Å². The molecule has 5 heteroatoms. The van der Waals surface area contributed by atoms with Gasteiger partial charge in [0.15, 0.2) is 0 Å². The van der Waals surface area contributed by atoms with Crippen LogP contribution in [-0.2, 0) is 9.53 Å². The van der Waals surface area contributed by atoms with Gasteiger partial charge in [-0.05, 0) is 18.8 Å². The fraction of sp³-hybridized carbons (Fsp3) is 0.909. The summed E-state index contributed by atoms with van der Waals surface area (Å²) in [6.07, 6.45) is 4.16. The molecule has 1 fully saturated rings. The number of carbonyl (C=O) groups excluding carboxylic acids is 1. The van der Waals surface area contributed by atoms with Crippen LogP contribution in [0.5, 0.6) is 0 Å². The van der Waals surface area contributed by atoms with Crippen LogP contribution in [0.1, 0.15) is 32.6 Å². The van der Waals surface area contributed by atoms with Gasteiger partial charge in [0.05, 0.1) is 0 Å². The van der Waals surface area contributed by atoms with E-state index in [1.165, 1.54) is 20.0 Å². The lowest BCUT2D eigenvalue weighted by Gasteiger charge is -2.22. The summed E-state index contributed by atoms with van der Waals surface area (Å²) < 4.78 is 5.00. The van der Waals surface area contributed by atoms with Gasteiger partial charge in [-0.3, -0.25) is 4.79 Å². The number of ether oxygens (including phenoxy) is 1. The smallest absolute Gasteiger partial charge is 0.250 e. The van der Waals surface area contributed by atoms with E-state index in [-0.39, 0.29) is 24.9 Å². The summed E-state index contributed by atoms with van der Waals surface area (Å²) in [7, 11) is 1.52. The van der Waals surface area contributed by atoms with Crippen LogP contribution >= 0.6 is 12.4 Å². The minimum atomic E-state index is -0.497. The predicted octanol–water partition coefficient (Wildman–Crippen LogP) is 1.08. The molecule has 16 heavy (non-hydrogen) atoms. The van der Waals surface area contributed by atoms with Crippen LogP contribution in [0.4, 0.5) is 0 Å². The van der Waals surface area contributed by atoms with Crippen LogP contribution in [-0.4, -0.2) is 31.7 Å². The molecular weight excluding hydrogens is 228 g/mol. The molecule has 0 aromatic rings. The van der Waals surface area contributed by atoms with Gasteiger partial charge in [0.25, 0.3) is 5.91 Å². The van der Waals surface area contributed by atoms with Crippen LogP contribution in [0.3, 0.4) is 0 Å². The van der Waals surface area contributed by atoms with E-state index in [0.29, 0.717) is 12.0 Å². The van der Waals surface area contributed by atoms with Crippen LogP contribution in [0.15, 0.2) is 0 Å². The molecule has 0 bridgehead atoms. The molecule has 1 amide bonds. The fourth-order valence-corrected chi connectivity index (χ4v) is 2.30. The maximum Gasteiger partial charge on any atom is 0.250 e. The number of hydrogen-bond donors (Lipinski definition) is 2. The van der Waals surface area contributed by atoms with E-state index in [1.807, 2.05) is 0 Å². The maximum absolute atomic E-state index is 11.7. The molecule has 0 aromatic heterocycles. The minimum Gasteiger partial charge on any atom is -0.370 e. The number of halogens is 1. The standard InChI is InChI=1S/C11H22N2O2.ClH/c1-3-8-5-4-6-9(8)13-11(14)10(7-12)15-2;/h8-10H,3-7,12H2,1-2H3,(H,13,14);1H. The van der Waals surface area contributed by atoms with Crippen LogP contribution in [0.25, 0.3) is 0 Å². The average molecular weight is 251 g/mol. The molecule has 4 nitrogen and oxygen atoms in total. The molecule has 1 aliphatic carbocycles. The Balaban J connectivity index is 0.00000225. The molecule has 0 saturated heterocycles. The lowest BCUT2D eigenvalue weighted by molar-refractivity contribution is -0.131. The Morgan fingerprint density at radius 1 is 1.56 bits per heavy atom. The van der Waals surface area contributed by atoms with Crippen molar-refractivity contribution in [2.24, 2.45) is 11.7 Å². The minimum absolute atomic E-state index is 0. The average Bonchev–Trinajstić information content (AvgIpc) is 2.67. The summed E-state index contributed by atoms with van der Waals surface area (Å²) in [5, 5.41) is 3.04. The third kappa shape index (κ3) is 3.92. The van der Waals surface area contributed by atoms with Crippen molar-refractivity contribution in [3.63, 3.8) is 0 Å². The lowest BCUT2D eigenvalue weighted by Crippen LogP contribution is -2.46. The van der Waals surface area contributed by atoms with Gasteiger partial charge in [0.1, 0.15) is 6.10 Å². The van der Waals surface area contributed by atoms with Gasteiger partial charge in [0.2, 0.25) is 0 Å². The molecule has 3 atom stereocenters. The van der Waals surface area contributed by atoms with Crippen molar-refractivity contribution < 1.29 is 9.53 Å². The van der Waals surface area contributed by atoms with Crippen LogP contribution in [0.2, 0.25) is 0 Å². The first-order valence-electron chi connectivity index (χ1n) is 5.76. The zero-order valence-corrected chi connectivity index (χ0v) is 10.9. The van der Waals surface area contributed by atoms with Crippen molar-refractivity contribution in [1.29, 1.82) is 0 Å². The highest BCUT2D eigenvalue weighted by Crippen LogP contribution is 2.28. The molecule has 1 aliphatic rings. The SMILES string of the molecule is CCC1CCCC1NC(=O)C(CN)OC.Cl. The van der Waals surface area contributed by atoms with E-state index < -0.39 is 6.10 Å². The number of methoxy groups -OCH3 is 1. The van der Waals surface area contributed by atoms with E-state index in [1.54, 1.807) is 0 Å². The first-order valence-corrected chi connectivity index (χ1v) is 5.76. The second kappa shape index (κ2) is 7.87. The molecule has 0 heterocycles. The number of amides is 1. The quantitative estimate of drug-likeness (QED) is 0.768. The Hall–Kier alpha value is -0.320. The van der Waals surface area contributed by atoms with Crippen molar-refractivity contribution in [2.45, 2.75) is 44.8 Å². The third-order valence-electron chi connectivity index (χ3n) is 3.30. The van der Waals surface area contributed by atoms with Gasteiger partial charge in [-0.1, -0.05) is 19.8 Å². The Morgan fingerprint density at radius 2 is 2.25 bits per heavy atom. The fourth-order valence-electron chi connectivity index (χ4n) is 2.30. The highest BCUT2D eigenvalue weighted by atomic mass is 35.5. The molecule has 1 saturated carbocycles. The number of rotatable bonds is 5. The van der Waals surface area contributed by atoms with Crippen molar-refractivity contribution >= 4 is 18.3 Å². The Bertz CT molecular complexity index is 210. The molecular formula is C11H23ClN2O2. The molecule has 0 aliphatic heterocycles. The van der Waals surface area contributed by atoms with Gasteiger partial charge in [-0.25, -0.2) is 0 Å². The second-order valence-corrected chi connectivity index (χ2v) is 4.17. The van der Waals surface area contributed by atoms with E-state index in [0.717, 1.165) is 12.8 Å². The maximum atomic E-state index is 11.7. The number of nitrogens with two attached hydrogens (primary N) is 1. The molecule has 0 spiro atoms. The summed E-state index contributed by atoms with van der Waals surface area (Å²) in [5.74, 6) is 0.564. The number of hydrogen-bond acceptors (Lipinski definition) is 3. The monoisotopic (exact) mass is 250 g/mol. The summed E-state index contributed by atoms with van der Waals surface area (Å²) in [4.78, 5) is 11.7. The van der Waals surface area contributed by atoms with Gasteiger partial charge in [-0.15, -0.1) is 12.4 Å². The Kier molecular flexibility index (Phi) is 7.72. The number of nitrogens with one attached hydrogen (secondary N) is 1. The summed E-state index contributed by atoms with van der Waals surface area (Å²) in [6, 6.07) is 0.326. The first kappa shape index (κ1) is 15.7. The predicted molar refractivity (Wildman–Crippen MR) is 66.7 cm³/mol. The molecule has 0 aromatic carbocycles. The van der Waals surface area contributed by atoms with Crippen molar-refractivity contribution in [3.05, 3.63) is 0 Å². The third-order valence-corrected chi connectivity index (χ3v) is 3.30. The molecule has 1 rings (SSSR count). The Labute approximate surface area is 104 Å². The molecule has 3 unspecified atom stereocenters. The Morgan fingerprint density at radius 3 is 2.75 bits per heavy atom.